The molecule has 1 heterocycles. The number of carbonyl (C=O) groups is 1. The molecular weight excluding hydrogens is 340 g/mol. The van der Waals surface area contributed by atoms with E-state index in [2.05, 4.69) is 5.32 Å². The van der Waals surface area contributed by atoms with E-state index in [1.807, 2.05) is 53.1 Å². The number of hydrogen-bond donors (Lipinski definition) is 1. The molecule has 0 bridgehead atoms. The number of carbonyl (C=O) groups excluding carboxylic acids is 1. The fourth-order valence-corrected chi connectivity index (χ4v) is 3.38. The van der Waals surface area contributed by atoms with Crippen molar-refractivity contribution in [2.45, 2.75) is 25.8 Å². The summed E-state index contributed by atoms with van der Waals surface area (Å²) in [4.78, 5) is 25.2. The van der Waals surface area contributed by atoms with Crippen LogP contribution in [0.3, 0.4) is 0 Å². The second kappa shape index (κ2) is 7.92. The fraction of sp³-hybridized carbons (Fsp3) is 0.364. The second-order valence-electron chi connectivity index (χ2n) is 7.17. The van der Waals surface area contributed by atoms with E-state index in [9.17, 15) is 9.59 Å². The van der Waals surface area contributed by atoms with Gasteiger partial charge in [-0.1, -0.05) is 24.3 Å². The molecule has 0 atom stereocenters. The molecule has 5 heteroatoms. The molecule has 1 amide bonds. The van der Waals surface area contributed by atoms with Crippen LogP contribution in [0.4, 0.5) is 0 Å². The smallest absolute Gasteiger partial charge is 0.239 e. The maximum absolute atomic E-state index is 12.7. The van der Waals surface area contributed by atoms with Gasteiger partial charge in [0.25, 0.3) is 0 Å². The first-order chi connectivity index (χ1) is 13.2. The fourth-order valence-electron chi connectivity index (χ4n) is 3.38. The van der Waals surface area contributed by atoms with Crippen molar-refractivity contribution in [2.75, 3.05) is 19.8 Å². The molecule has 0 radical (unpaired) electrons. The van der Waals surface area contributed by atoms with Gasteiger partial charge in [0, 0.05) is 30.5 Å². The standard InChI is InChI=1S/C22H24N2O3/c25-21(23-12-5-13-27-15-16-10-11-16)14-24-19-8-3-1-6-17(19)22(26)18-7-2-4-9-20(18)24/h1-4,6-9,16H,5,10-15H2,(H,23,25). The van der Waals surface area contributed by atoms with Gasteiger partial charge < -0.3 is 14.6 Å². The van der Waals surface area contributed by atoms with Gasteiger partial charge in [0.1, 0.15) is 6.54 Å². The third kappa shape index (κ3) is 4.03. The zero-order valence-corrected chi connectivity index (χ0v) is 15.3. The Labute approximate surface area is 157 Å². The number of pyridine rings is 1. The average molecular weight is 364 g/mol. The van der Waals surface area contributed by atoms with Crippen LogP contribution >= 0.6 is 0 Å². The maximum atomic E-state index is 12.7. The quantitative estimate of drug-likeness (QED) is 0.494. The SMILES string of the molecule is O=C(Cn1c2ccccc2c(=O)c2ccccc21)NCCCOCC1CC1. The van der Waals surface area contributed by atoms with E-state index in [0.29, 0.717) is 23.9 Å². The molecule has 140 valence electrons. The van der Waals surface area contributed by atoms with Crippen molar-refractivity contribution in [3.8, 4) is 0 Å². The third-order valence-electron chi connectivity index (χ3n) is 5.02. The van der Waals surface area contributed by atoms with E-state index < -0.39 is 0 Å². The number of para-hydroxylation sites is 2. The summed E-state index contributed by atoms with van der Waals surface area (Å²) in [6, 6.07) is 14.9. The monoisotopic (exact) mass is 364 g/mol. The number of nitrogens with zero attached hydrogens (tertiary/aromatic N) is 1. The molecule has 27 heavy (non-hydrogen) atoms. The van der Waals surface area contributed by atoms with E-state index in [0.717, 1.165) is 30.0 Å². The Morgan fingerprint density at radius 1 is 1.04 bits per heavy atom. The number of hydrogen-bond acceptors (Lipinski definition) is 3. The molecule has 1 N–H and O–H groups in total. The highest BCUT2D eigenvalue weighted by Crippen LogP contribution is 2.28. The van der Waals surface area contributed by atoms with Crippen LogP contribution in [-0.2, 0) is 16.1 Å². The highest BCUT2D eigenvalue weighted by Gasteiger charge is 2.20. The average Bonchev–Trinajstić information content (AvgIpc) is 3.52. The van der Waals surface area contributed by atoms with Gasteiger partial charge in [-0.3, -0.25) is 9.59 Å². The molecule has 1 fully saturated rings. The van der Waals surface area contributed by atoms with Crippen molar-refractivity contribution < 1.29 is 9.53 Å². The highest BCUT2D eigenvalue weighted by atomic mass is 16.5. The number of ether oxygens (including phenoxy) is 1. The van der Waals surface area contributed by atoms with Crippen LogP contribution in [-0.4, -0.2) is 30.2 Å². The molecule has 0 saturated heterocycles. The molecule has 1 saturated carbocycles. The Morgan fingerprint density at radius 2 is 1.67 bits per heavy atom. The summed E-state index contributed by atoms with van der Waals surface area (Å²) < 4.78 is 7.52. The minimum Gasteiger partial charge on any atom is -0.381 e. The molecule has 2 aromatic carbocycles. The predicted octanol–water partition coefficient (Wildman–Crippen LogP) is 3.09. The maximum Gasteiger partial charge on any atom is 0.239 e. The Morgan fingerprint density at radius 3 is 2.30 bits per heavy atom. The summed E-state index contributed by atoms with van der Waals surface area (Å²) in [6.07, 6.45) is 3.39. The van der Waals surface area contributed by atoms with E-state index in [1.165, 1.54) is 12.8 Å². The third-order valence-corrected chi connectivity index (χ3v) is 5.02. The van der Waals surface area contributed by atoms with E-state index in [4.69, 9.17) is 4.74 Å². The van der Waals surface area contributed by atoms with Crippen molar-refractivity contribution in [1.82, 2.24) is 9.88 Å². The van der Waals surface area contributed by atoms with Crippen molar-refractivity contribution in [1.29, 1.82) is 0 Å². The lowest BCUT2D eigenvalue weighted by molar-refractivity contribution is -0.121. The van der Waals surface area contributed by atoms with Crippen LogP contribution < -0.4 is 10.7 Å². The molecule has 0 spiro atoms. The van der Waals surface area contributed by atoms with Gasteiger partial charge in [-0.05, 0) is 49.4 Å². The number of benzene rings is 2. The minimum absolute atomic E-state index is 0.00525. The zero-order valence-electron chi connectivity index (χ0n) is 15.3. The Balaban J connectivity index is 1.47. The molecule has 4 rings (SSSR count). The van der Waals surface area contributed by atoms with Crippen LogP contribution in [0.15, 0.2) is 53.3 Å². The molecule has 1 aliphatic carbocycles. The molecular formula is C22H24N2O3. The summed E-state index contributed by atoms with van der Waals surface area (Å²) in [7, 11) is 0. The summed E-state index contributed by atoms with van der Waals surface area (Å²) >= 11 is 0. The topological polar surface area (TPSA) is 60.3 Å². The largest absolute Gasteiger partial charge is 0.381 e. The van der Waals surface area contributed by atoms with Gasteiger partial charge in [-0.15, -0.1) is 0 Å². The lowest BCUT2D eigenvalue weighted by Crippen LogP contribution is -2.30. The molecule has 1 aliphatic rings. The van der Waals surface area contributed by atoms with Crippen LogP contribution in [0.1, 0.15) is 19.3 Å². The van der Waals surface area contributed by atoms with Gasteiger partial charge in [-0.2, -0.15) is 0 Å². The van der Waals surface area contributed by atoms with Gasteiger partial charge in [-0.25, -0.2) is 0 Å². The van der Waals surface area contributed by atoms with Crippen molar-refractivity contribution >= 4 is 27.7 Å². The van der Waals surface area contributed by atoms with Gasteiger partial charge >= 0.3 is 0 Å². The highest BCUT2D eigenvalue weighted by molar-refractivity contribution is 5.94. The van der Waals surface area contributed by atoms with E-state index in [1.54, 1.807) is 0 Å². The predicted molar refractivity (Wildman–Crippen MR) is 107 cm³/mol. The first-order valence-corrected chi connectivity index (χ1v) is 9.59. The molecule has 1 aromatic heterocycles. The second-order valence-corrected chi connectivity index (χ2v) is 7.17. The summed E-state index contributed by atoms with van der Waals surface area (Å²) in [6.45, 7) is 2.31. The number of rotatable bonds is 8. The number of amides is 1. The minimum atomic E-state index is -0.0591. The Hall–Kier alpha value is -2.66. The lowest BCUT2D eigenvalue weighted by Gasteiger charge is -2.15. The lowest BCUT2D eigenvalue weighted by atomic mass is 10.1. The normalized spacial score (nSPS) is 13.9. The van der Waals surface area contributed by atoms with Gasteiger partial charge in [0.05, 0.1) is 11.0 Å². The Kier molecular flexibility index (Phi) is 5.21. The first kappa shape index (κ1) is 17.7. The zero-order chi connectivity index (χ0) is 18.6. The van der Waals surface area contributed by atoms with Gasteiger partial charge in [0.2, 0.25) is 5.91 Å². The van der Waals surface area contributed by atoms with Gasteiger partial charge in [0.15, 0.2) is 5.43 Å². The number of aromatic nitrogens is 1. The summed E-state index contributed by atoms with van der Waals surface area (Å²) in [5.74, 6) is 0.706. The molecule has 0 unspecified atom stereocenters. The first-order valence-electron chi connectivity index (χ1n) is 9.59. The summed E-state index contributed by atoms with van der Waals surface area (Å²) in [5, 5.41) is 4.23. The van der Waals surface area contributed by atoms with Crippen LogP contribution in [0, 0.1) is 5.92 Å². The van der Waals surface area contributed by atoms with Crippen LogP contribution in [0.5, 0.6) is 0 Å². The van der Waals surface area contributed by atoms with E-state index in [-0.39, 0.29) is 17.9 Å². The molecule has 5 nitrogen and oxygen atoms in total. The number of fused-ring (bicyclic) bond motifs is 2. The van der Waals surface area contributed by atoms with E-state index >= 15 is 0 Å². The summed E-state index contributed by atoms with van der Waals surface area (Å²) in [5.41, 5.74) is 1.57. The molecule has 0 aliphatic heterocycles. The van der Waals surface area contributed by atoms with Crippen molar-refractivity contribution in [3.05, 3.63) is 58.8 Å². The Bertz CT molecular complexity index is 961. The van der Waals surface area contributed by atoms with Crippen LogP contribution in [0.2, 0.25) is 0 Å². The number of nitrogens with one attached hydrogen (secondary N) is 1. The van der Waals surface area contributed by atoms with Crippen LogP contribution in [0.25, 0.3) is 21.8 Å². The molecule has 3 aromatic rings. The van der Waals surface area contributed by atoms with Crippen molar-refractivity contribution in [3.63, 3.8) is 0 Å². The van der Waals surface area contributed by atoms with Crippen molar-refractivity contribution in [2.24, 2.45) is 5.92 Å².